The Morgan fingerprint density at radius 1 is 1.10 bits per heavy atom. The largest absolute Gasteiger partial charge is 0.378 e. The minimum absolute atomic E-state index is 0.540. The lowest BCUT2D eigenvalue weighted by Crippen LogP contribution is -2.47. The van der Waals surface area contributed by atoms with Crippen LogP contribution >= 0.6 is 22.7 Å². The van der Waals surface area contributed by atoms with Crippen LogP contribution in [0.2, 0.25) is 0 Å². The molecule has 2 aliphatic heterocycles. The summed E-state index contributed by atoms with van der Waals surface area (Å²) in [6, 6.07) is 2.15. The highest BCUT2D eigenvalue weighted by Crippen LogP contribution is 2.35. The van der Waals surface area contributed by atoms with Gasteiger partial charge in [-0.25, -0.2) is 18.4 Å². The Labute approximate surface area is 189 Å². The Hall–Kier alpha value is -1.70. The highest BCUT2D eigenvalue weighted by Gasteiger charge is 2.25. The summed E-state index contributed by atoms with van der Waals surface area (Å²) in [4.78, 5) is 20.7. The zero-order valence-corrected chi connectivity index (χ0v) is 19.7. The Kier molecular flexibility index (Phi) is 5.92. The minimum Gasteiger partial charge on any atom is -0.378 e. The maximum absolute atomic E-state index is 11.8. The summed E-state index contributed by atoms with van der Waals surface area (Å²) in [6.07, 6.45) is 3.09. The molecule has 3 aromatic rings. The van der Waals surface area contributed by atoms with Crippen LogP contribution in [0.4, 0.5) is 5.82 Å². The van der Waals surface area contributed by atoms with Crippen LogP contribution < -0.4 is 4.90 Å². The van der Waals surface area contributed by atoms with Crippen LogP contribution in [-0.2, 0) is 21.3 Å². The third-order valence-electron chi connectivity index (χ3n) is 5.55. The van der Waals surface area contributed by atoms with E-state index in [1.54, 1.807) is 21.2 Å². The van der Waals surface area contributed by atoms with Crippen LogP contribution in [0, 0.1) is 0 Å². The van der Waals surface area contributed by atoms with Gasteiger partial charge in [-0.2, -0.15) is 4.31 Å². The number of aromatic nitrogens is 3. The Bertz CT molecular complexity index is 1150. The number of fused-ring (bicyclic) bond motifs is 1. The first-order chi connectivity index (χ1) is 15.0. The fourth-order valence-electron chi connectivity index (χ4n) is 3.91. The van der Waals surface area contributed by atoms with E-state index in [9.17, 15) is 8.42 Å². The molecule has 0 N–H and O–H groups in total. The van der Waals surface area contributed by atoms with Crippen LogP contribution in [0.1, 0.15) is 4.88 Å². The van der Waals surface area contributed by atoms with Crippen molar-refractivity contribution in [2.24, 2.45) is 0 Å². The quantitative estimate of drug-likeness (QED) is 0.545. The molecule has 2 saturated heterocycles. The predicted octanol–water partition coefficient (Wildman–Crippen LogP) is 1.73. The van der Waals surface area contributed by atoms with Gasteiger partial charge in [0.15, 0.2) is 11.6 Å². The molecule has 0 unspecified atom stereocenters. The summed E-state index contributed by atoms with van der Waals surface area (Å²) in [5.41, 5.74) is 2.75. The van der Waals surface area contributed by atoms with Crippen LogP contribution in [0.25, 0.3) is 20.9 Å². The summed E-state index contributed by atoms with van der Waals surface area (Å²) in [7, 11) is -3.12. The molecule has 31 heavy (non-hydrogen) atoms. The molecule has 0 bridgehead atoms. The monoisotopic (exact) mass is 480 g/mol. The summed E-state index contributed by atoms with van der Waals surface area (Å²) >= 11 is 3.27. The van der Waals surface area contributed by atoms with E-state index in [-0.39, 0.29) is 0 Å². The molecule has 0 aliphatic carbocycles. The summed E-state index contributed by atoms with van der Waals surface area (Å²) in [5, 5.41) is 0. The molecule has 0 spiro atoms. The molecular formula is C19H24N6O3S3. The first-order valence-electron chi connectivity index (χ1n) is 10.2. The zero-order valence-electron chi connectivity index (χ0n) is 17.2. The van der Waals surface area contributed by atoms with Gasteiger partial charge in [0.05, 0.1) is 40.1 Å². The maximum atomic E-state index is 11.8. The minimum atomic E-state index is -3.12. The van der Waals surface area contributed by atoms with Crippen molar-refractivity contribution < 1.29 is 13.2 Å². The molecule has 12 heteroatoms. The van der Waals surface area contributed by atoms with E-state index in [0.717, 1.165) is 53.6 Å². The fourth-order valence-corrected chi connectivity index (χ4v) is 6.44. The van der Waals surface area contributed by atoms with Crippen molar-refractivity contribution in [3.63, 3.8) is 0 Å². The number of nitrogens with zero attached hydrogens (tertiary/aromatic N) is 6. The molecule has 0 aromatic carbocycles. The standard InChI is InChI=1S/C19H24N6O3S3/c1-31(26,27)25-4-2-23(3-5-25)12-14-10-15-17(30-14)19(24-6-8-28-9-7-24)22-18(21-15)16-11-20-13-29-16/h10-11,13H,2-9,12H2,1H3. The van der Waals surface area contributed by atoms with Gasteiger partial charge < -0.3 is 9.64 Å². The molecule has 2 aliphatic rings. The van der Waals surface area contributed by atoms with Crippen LogP contribution in [0.15, 0.2) is 17.8 Å². The van der Waals surface area contributed by atoms with Crippen molar-refractivity contribution in [1.82, 2.24) is 24.2 Å². The van der Waals surface area contributed by atoms with Crippen molar-refractivity contribution >= 4 is 48.7 Å². The van der Waals surface area contributed by atoms with Crippen LogP contribution in [0.5, 0.6) is 0 Å². The Morgan fingerprint density at radius 2 is 1.87 bits per heavy atom. The van der Waals surface area contributed by atoms with E-state index in [4.69, 9.17) is 14.7 Å². The molecular weight excluding hydrogens is 456 g/mol. The van der Waals surface area contributed by atoms with E-state index in [1.165, 1.54) is 22.5 Å². The number of ether oxygens (including phenoxy) is 1. The third-order valence-corrected chi connectivity index (χ3v) is 8.72. The number of hydrogen-bond acceptors (Lipinski definition) is 10. The molecule has 0 amide bonds. The van der Waals surface area contributed by atoms with E-state index in [0.29, 0.717) is 32.1 Å². The molecule has 2 fully saturated rings. The Balaban J connectivity index is 1.43. The smallest absolute Gasteiger partial charge is 0.211 e. The average Bonchev–Trinajstić information content (AvgIpc) is 3.43. The van der Waals surface area contributed by atoms with Gasteiger partial charge in [0.25, 0.3) is 0 Å². The molecule has 0 atom stereocenters. The van der Waals surface area contributed by atoms with Gasteiger partial charge in [0.2, 0.25) is 10.0 Å². The lowest BCUT2D eigenvalue weighted by Gasteiger charge is -2.32. The molecule has 0 radical (unpaired) electrons. The van der Waals surface area contributed by atoms with Gasteiger partial charge in [-0.1, -0.05) is 0 Å². The van der Waals surface area contributed by atoms with Gasteiger partial charge in [-0.3, -0.25) is 9.88 Å². The zero-order chi connectivity index (χ0) is 21.4. The lowest BCUT2D eigenvalue weighted by atomic mass is 10.3. The third kappa shape index (κ3) is 4.59. The fraction of sp³-hybridized carbons (Fsp3) is 0.526. The first kappa shape index (κ1) is 21.2. The van der Waals surface area contributed by atoms with Crippen molar-refractivity contribution in [1.29, 1.82) is 0 Å². The van der Waals surface area contributed by atoms with Gasteiger partial charge in [0.1, 0.15) is 0 Å². The summed E-state index contributed by atoms with van der Waals surface area (Å²) < 4.78 is 31.7. The number of hydrogen-bond donors (Lipinski definition) is 0. The summed E-state index contributed by atoms with van der Waals surface area (Å²) in [5.74, 6) is 1.68. The predicted molar refractivity (Wildman–Crippen MR) is 123 cm³/mol. The van der Waals surface area contributed by atoms with Crippen LogP contribution in [0.3, 0.4) is 0 Å². The number of thiazole rings is 1. The van der Waals surface area contributed by atoms with Gasteiger partial charge in [-0.05, 0) is 6.07 Å². The highest BCUT2D eigenvalue weighted by molar-refractivity contribution is 7.88. The molecule has 166 valence electrons. The van der Waals surface area contributed by atoms with Gasteiger partial charge in [-0.15, -0.1) is 22.7 Å². The molecule has 0 saturated carbocycles. The number of piperazine rings is 1. The van der Waals surface area contributed by atoms with Gasteiger partial charge >= 0.3 is 0 Å². The van der Waals surface area contributed by atoms with Crippen LogP contribution in [-0.4, -0.2) is 91.3 Å². The topological polar surface area (TPSA) is 91.8 Å². The van der Waals surface area contributed by atoms with E-state index < -0.39 is 10.0 Å². The second kappa shape index (κ2) is 8.68. The molecule has 5 rings (SSSR count). The van der Waals surface area contributed by atoms with E-state index in [1.807, 2.05) is 6.20 Å². The second-order valence-electron chi connectivity index (χ2n) is 7.70. The number of morpholine rings is 1. The molecule has 5 heterocycles. The number of thiophene rings is 1. The summed E-state index contributed by atoms with van der Waals surface area (Å²) in [6.45, 7) is 6.36. The average molecular weight is 481 g/mol. The number of sulfonamides is 1. The molecule has 3 aromatic heterocycles. The van der Waals surface area contributed by atoms with E-state index in [2.05, 4.69) is 20.9 Å². The maximum Gasteiger partial charge on any atom is 0.211 e. The van der Waals surface area contributed by atoms with Crippen molar-refractivity contribution in [2.75, 3.05) is 63.6 Å². The first-order valence-corrected chi connectivity index (χ1v) is 13.7. The normalized spacial score (nSPS) is 19.3. The van der Waals surface area contributed by atoms with Gasteiger partial charge in [0, 0.05) is 56.9 Å². The van der Waals surface area contributed by atoms with Crippen molar-refractivity contribution in [2.45, 2.75) is 6.54 Å². The number of anilines is 1. The second-order valence-corrected chi connectivity index (χ2v) is 11.7. The number of rotatable bonds is 5. The molecule has 9 nitrogen and oxygen atoms in total. The SMILES string of the molecule is CS(=O)(=O)N1CCN(Cc2cc3nc(-c4cncs4)nc(N4CCOCC4)c3s2)CC1. The lowest BCUT2D eigenvalue weighted by molar-refractivity contribution is 0.122. The Morgan fingerprint density at radius 3 is 2.55 bits per heavy atom. The van der Waals surface area contributed by atoms with E-state index >= 15 is 0 Å². The van der Waals surface area contributed by atoms with Crippen molar-refractivity contribution in [3.8, 4) is 10.7 Å². The van der Waals surface area contributed by atoms with Crippen molar-refractivity contribution in [3.05, 3.63) is 22.7 Å². The highest BCUT2D eigenvalue weighted by atomic mass is 32.2.